The van der Waals surface area contributed by atoms with Crippen molar-refractivity contribution < 1.29 is 9.90 Å². The molecule has 2 aromatic heterocycles. The molecule has 0 aromatic carbocycles. The molecule has 2 rings (SSSR count). The van der Waals surface area contributed by atoms with Crippen LogP contribution in [0.2, 0.25) is 0 Å². The number of aliphatic carboxylic acids is 1. The van der Waals surface area contributed by atoms with Gasteiger partial charge in [-0.3, -0.25) is 4.79 Å². The van der Waals surface area contributed by atoms with Gasteiger partial charge >= 0.3 is 5.97 Å². The van der Waals surface area contributed by atoms with Gasteiger partial charge in [-0.2, -0.15) is 4.52 Å². The van der Waals surface area contributed by atoms with Gasteiger partial charge in [0, 0.05) is 17.7 Å². The van der Waals surface area contributed by atoms with Crippen molar-refractivity contribution in [2.75, 3.05) is 0 Å². The second-order valence-corrected chi connectivity index (χ2v) is 4.19. The lowest BCUT2D eigenvalue weighted by Gasteiger charge is -2.01. The maximum absolute atomic E-state index is 10.7. The molecule has 1 unspecified atom stereocenters. The van der Waals surface area contributed by atoms with Crippen molar-refractivity contribution in [3.05, 3.63) is 23.4 Å². The van der Waals surface area contributed by atoms with Crippen LogP contribution in [0.4, 0.5) is 0 Å². The Morgan fingerprint density at radius 3 is 2.82 bits per heavy atom. The molecule has 0 fully saturated rings. The first-order valence-corrected chi connectivity index (χ1v) is 5.39. The third kappa shape index (κ3) is 2.11. The number of nitrogens with zero attached hydrogens (tertiary/aromatic N) is 4. The maximum atomic E-state index is 10.7. The number of aryl methyl sites for hydroxylation is 2. The molecule has 0 aliphatic heterocycles. The Morgan fingerprint density at radius 1 is 1.53 bits per heavy atom. The molecule has 6 heteroatoms. The van der Waals surface area contributed by atoms with Gasteiger partial charge in [-0.1, -0.05) is 6.92 Å². The van der Waals surface area contributed by atoms with Crippen LogP contribution in [0.3, 0.4) is 0 Å². The van der Waals surface area contributed by atoms with Crippen molar-refractivity contribution in [3.63, 3.8) is 0 Å². The van der Waals surface area contributed by atoms with E-state index in [2.05, 4.69) is 15.1 Å². The molecular weight excluding hydrogens is 220 g/mol. The molecule has 0 aliphatic rings. The molecule has 0 amide bonds. The van der Waals surface area contributed by atoms with Gasteiger partial charge in [-0.05, 0) is 13.8 Å². The highest BCUT2D eigenvalue weighted by atomic mass is 16.4. The third-order valence-electron chi connectivity index (χ3n) is 2.65. The molecule has 17 heavy (non-hydrogen) atoms. The Hall–Kier alpha value is -1.98. The van der Waals surface area contributed by atoms with Crippen molar-refractivity contribution in [2.24, 2.45) is 0 Å². The van der Waals surface area contributed by atoms with Crippen LogP contribution < -0.4 is 0 Å². The number of carbonyl (C=O) groups is 1. The molecule has 1 atom stereocenters. The lowest BCUT2D eigenvalue weighted by atomic mass is 10.1. The monoisotopic (exact) mass is 234 g/mol. The Balaban J connectivity index is 2.47. The number of aromatic nitrogens is 4. The summed E-state index contributed by atoms with van der Waals surface area (Å²) in [5.41, 5.74) is 1.67. The summed E-state index contributed by atoms with van der Waals surface area (Å²) < 4.78 is 1.66. The first-order valence-electron chi connectivity index (χ1n) is 5.39. The minimum atomic E-state index is -0.845. The van der Waals surface area contributed by atoms with Crippen molar-refractivity contribution in [2.45, 2.75) is 33.1 Å². The highest BCUT2D eigenvalue weighted by Gasteiger charge is 2.17. The number of carboxylic acids is 1. The highest BCUT2D eigenvalue weighted by molar-refractivity contribution is 5.67. The Kier molecular flexibility index (Phi) is 2.79. The molecule has 0 aliphatic carbocycles. The number of fused-ring (bicyclic) bond motifs is 1. The van der Waals surface area contributed by atoms with Crippen LogP contribution >= 0.6 is 0 Å². The zero-order chi connectivity index (χ0) is 12.6. The predicted molar refractivity (Wildman–Crippen MR) is 60.9 cm³/mol. The summed E-state index contributed by atoms with van der Waals surface area (Å²) in [7, 11) is 0. The van der Waals surface area contributed by atoms with Crippen molar-refractivity contribution >= 4 is 11.6 Å². The van der Waals surface area contributed by atoms with Crippen LogP contribution in [0.15, 0.2) is 6.20 Å². The molecular formula is C11H14N4O2. The summed E-state index contributed by atoms with van der Waals surface area (Å²) in [6, 6.07) is 0. The van der Waals surface area contributed by atoms with Gasteiger partial charge < -0.3 is 5.11 Å². The SMILES string of the molecule is Cc1cnc(C)n2nc(C(C)CC(=O)O)nc12. The van der Waals surface area contributed by atoms with E-state index in [9.17, 15) is 4.79 Å². The number of hydrogen-bond donors (Lipinski definition) is 1. The summed E-state index contributed by atoms with van der Waals surface area (Å²) in [5.74, 6) is 0.243. The van der Waals surface area contributed by atoms with Crippen LogP contribution in [0.1, 0.15) is 36.5 Å². The quantitative estimate of drug-likeness (QED) is 0.866. The van der Waals surface area contributed by atoms with Crippen molar-refractivity contribution in [1.82, 2.24) is 19.6 Å². The fourth-order valence-corrected chi connectivity index (χ4v) is 1.67. The average Bonchev–Trinajstić information content (AvgIpc) is 2.68. The maximum Gasteiger partial charge on any atom is 0.304 e. The molecule has 0 saturated heterocycles. The van der Waals surface area contributed by atoms with E-state index in [1.165, 1.54) is 0 Å². The Labute approximate surface area is 98.3 Å². The van der Waals surface area contributed by atoms with E-state index in [0.717, 1.165) is 17.0 Å². The minimum Gasteiger partial charge on any atom is -0.481 e. The smallest absolute Gasteiger partial charge is 0.304 e. The lowest BCUT2D eigenvalue weighted by molar-refractivity contribution is -0.137. The van der Waals surface area contributed by atoms with E-state index in [0.29, 0.717) is 5.82 Å². The predicted octanol–water partition coefficient (Wildman–Crippen LogP) is 1.32. The summed E-state index contributed by atoms with van der Waals surface area (Å²) in [6.07, 6.45) is 1.77. The molecule has 6 nitrogen and oxygen atoms in total. The van der Waals surface area contributed by atoms with Crippen LogP contribution in [-0.2, 0) is 4.79 Å². The van der Waals surface area contributed by atoms with Gasteiger partial charge in [0.2, 0.25) is 0 Å². The zero-order valence-corrected chi connectivity index (χ0v) is 10.0. The van der Waals surface area contributed by atoms with E-state index in [1.807, 2.05) is 13.8 Å². The fraction of sp³-hybridized carbons (Fsp3) is 0.455. The number of rotatable bonds is 3. The van der Waals surface area contributed by atoms with E-state index in [1.54, 1.807) is 17.6 Å². The first kappa shape index (κ1) is 11.5. The van der Waals surface area contributed by atoms with Gasteiger partial charge in [-0.25, -0.2) is 9.97 Å². The van der Waals surface area contributed by atoms with Crippen molar-refractivity contribution in [3.8, 4) is 0 Å². The van der Waals surface area contributed by atoms with Gasteiger partial charge in [0.05, 0.1) is 6.42 Å². The van der Waals surface area contributed by atoms with E-state index in [4.69, 9.17) is 5.11 Å². The van der Waals surface area contributed by atoms with Gasteiger partial charge in [-0.15, -0.1) is 5.10 Å². The summed E-state index contributed by atoms with van der Waals surface area (Å²) in [4.78, 5) is 19.2. The average molecular weight is 234 g/mol. The van der Waals surface area contributed by atoms with E-state index >= 15 is 0 Å². The normalized spacial score (nSPS) is 12.9. The third-order valence-corrected chi connectivity index (χ3v) is 2.65. The molecule has 0 bridgehead atoms. The largest absolute Gasteiger partial charge is 0.481 e. The van der Waals surface area contributed by atoms with E-state index < -0.39 is 5.97 Å². The van der Waals surface area contributed by atoms with Crippen LogP contribution in [-0.4, -0.2) is 30.7 Å². The molecule has 90 valence electrons. The topological polar surface area (TPSA) is 80.4 Å². The molecule has 2 heterocycles. The molecule has 2 aromatic rings. The number of carboxylic acid groups (broad SMARTS) is 1. The summed E-state index contributed by atoms with van der Waals surface area (Å²) in [6.45, 7) is 5.55. The number of hydrogen-bond acceptors (Lipinski definition) is 4. The standard InChI is InChI=1S/C11H14N4O2/c1-6(4-9(16)17)10-13-11-7(2)5-12-8(3)15(11)14-10/h5-6H,4H2,1-3H3,(H,16,17). The molecule has 0 saturated carbocycles. The fourth-order valence-electron chi connectivity index (χ4n) is 1.67. The van der Waals surface area contributed by atoms with Crippen molar-refractivity contribution in [1.29, 1.82) is 0 Å². The molecule has 0 radical (unpaired) electrons. The highest BCUT2D eigenvalue weighted by Crippen LogP contribution is 2.17. The molecule has 0 spiro atoms. The second kappa shape index (κ2) is 4.12. The lowest BCUT2D eigenvalue weighted by Crippen LogP contribution is -2.05. The zero-order valence-electron chi connectivity index (χ0n) is 10.0. The van der Waals surface area contributed by atoms with Crippen LogP contribution in [0.5, 0.6) is 0 Å². The Bertz CT molecular complexity index is 537. The summed E-state index contributed by atoms with van der Waals surface area (Å²) >= 11 is 0. The van der Waals surface area contributed by atoms with Crippen LogP contribution in [0, 0.1) is 13.8 Å². The van der Waals surface area contributed by atoms with Gasteiger partial charge in [0.15, 0.2) is 11.5 Å². The minimum absolute atomic E-state index is 0.0302. The van der Waals surface area contributed by atoms with E-state index in [-0.39, 0.29) is 12.3 Å². The Morgan fingerprint density at radius 2 is 2.24 bits per heavy atom. The first-order chi connectivity index (χ1) is 7.99. The molecule has 1 N–H and O–H groups in total. The van der Waals surface area contributed by atoms with Gasteiger partial charge in [0.25, 0.3) is 0 Å². The summed E-state index contributed by atoms with van der Waals surface area (Å²) in [5, 5.41) is 13.1. The van der Waals surface area contributed by atoms with Gasteiger partial charge in [0.1, 0.15) is 5.82 Å². The van der Waals surface area contributed by atoms with Crippen LogP contribution in [0.25, 0.3) is 5.65 Å². The second-order valence-electron chi connectivity index (χ2n) is 4.19.